The van der Waals surface area contributed by atoms with Crippen LogP contribution < -0.4 is 5.73 Å². The molecule has 1 unspecified atom stereocenters. The Morgan fingerprint density at radius 3 is 2.65 bits per heavy atom. The number of aromatic hydroxyl groups is 1. The molecule has 0 bridgehead atoms. The van der Waals surface area contributed by atoms with Gasteiger partial charge in [-0.1, -0.05) is 12.5 Å². The van der Waals surface area contributed by atoms with Gasteiger partial charge in [0, 0.05) is 5.56 Å². The molecule has 0 aliphatic heterocycles. The van der Waals surface area contributed by atoms with Crippen LogP contribution in [0.4, 0.5) is 0 Å². The summed E-state index contributed by atoms with van der Waals surface area (Å²) in [5.74, 6) is -1.10. The average molecular weight is 235 g/mol. The van der Waals surface area contributed by atoms with E-state index in [9.17, 15) is 9.90 Å². The van der Waals surface area contributed by atoms with Crippen LogP contribution in [0.5, 0.6) is 5.75 Å². The van der Waals surface area contributed by atoms with Gasteiger partial charge >= 0.3 is 5.97 Å². The number of aryl methyl sites for hydroxylation is 1. The van der Waals surface area contributed by atoms with Crippen molar-refractivity contribution in [1.82, 2.24) is 0 Å². The fourth-order valence-corrected chi connectivity index (χ4v) is 2.49. The molecule has 0 saturated carbocycles. The largest absolute Gasteiger partial charge is 0.508 e. The van der Waals surface area contributed by atoms with Crippen LogP contribution in [-0.4, -0.2) is 16.2 Å². The smallest absolute Gasteiger partial charge is 0.325 e. The summed E-state index contributed by atoms with van der Waals surface area (Å²) in [5, 5.41) is 18.8. The molecule has 0 fully saturated rings. The summed E-state index contributed by atoms with van der Waals surface area (Å²) in [6.45, 7) is 0. The van der Waals surface area contributed by atoms with Crippen LogP contribution in [0, 0.1) is 0 Å². The Bertz CT molecular complexity index is 443. The fourth-order valence-electron chi connectivity index (χ4n) is 2.49. The molecule has 1 aromatic carbocycles. The predicted octanol–water partition coefficient (Wildman–Crippen LogP) is 1.75. The van der Waals surface area contributed by atoms with E-state index in [-0.39, 0.29) is 5.75 Å². The Labute approximate surface area is 100 Å². The molecule has 0 radical (unpaired) electrons. The third-order valence-corrected chi connectivity index (χ3v) is 3.38. The van der Waals surface area contributed by atoms with Crippen molar-refractivity contribution < 1.29 is 15.0 Å². The summed E-state index contributed by atoms with van der Waals surface area (Å²) in [5.41, 5.74) is 8.13. The standard InChI is InChI=1S/C13H17NO3/c14-12(13(16)17)11-9-5-3-1-2-4-8(9)6-7-10(11)15/h6-7,12,15H,1-5,14H2,(H,16,17). The van der Waals surface area contributed by atoms with Gasteiger partial charge in [0.25, 0.3) is 0 Å². The van der Waals surface area contributed by atoms with Gasteiger partial charge in [0.15, 0.2) is 0 Å². The molecule has 1 aliphatic rings. The summed E-state index contributed by atoms with van der Waals surface area (Å²) >= 11 is 0. The molecule has 0 amide bonds. The lowest BCUT2D eigenvalue weighted by Gasteiger charge is -2.17. The predicted molar refractivity (Wildman–Crippen MR) is 63.9 cm³/mol. The van der Waals surface area contributed by atoms with E-state index in [0.717, 1.165) is 43.2 Å². The molecule has 1 aromatic rings. The van der Waals surface area contributed by atoms with Gasteiger partial charge < -0.3 is 15.9 Å². The third-order valence-electron chi connectivity index (χ3n) is 3.38. The molecule has 2 rings (SSSR count). The number of phenols is 1. The van der Waals surface area contributed by atoms with Crippen LogP contribution in [-0.2, 0) is 17.6 Å². The van der Waals surface area contributed by atoms with E-state index < -0.39 is 12.0 Å². The van der Waals surface area contributed by atoms with Gasteiger partial charge in [-0.15, -0.1) is 0 Å². The first-order valence-electron chi connectivity index (χ1n) is 5.93. The van der Waals surface area contributed by atoms with E-state index >= 15 is 0 Å². The second-order valence-electron chi connectivity index (χ2n) is 4.51. The molecular formula is C13H17NO3. The number of fused-ring (bicyclic) bond motifs is 1. The lowest BCUT2D eigenvalue weighted by Crippen LogP contribution is -2.22. The maximum atomic E-state index is 11.0. The number of benzene rings is 1. The Kier molecular flexibility index (Phi) is 3.33. The lowest BCUT2D eigenvalue weighted by atomic mass is 9.92. The summed E-state index contributed by atoms with van der Waals surface area (Å²) in [6.07, 6.45) is 5.02. The summed E-state index contributed by atoms with van der Waals surface area (Å²) < 4.78 is 0. The van der Waals surface area contributed by atoms with Gasteiger partial charge in [-0.2, -0.15) is 0 Å². The normalized spacial score (nSPS) is 17.0. The first-order chi connectivity index (χ1) is 8.11. The van der Waals surface area contributed by atoms with Gasteiger partial charge in [0.2, 0.25) is 0 Å². The third kappa shape index (κ3) is 2.26. The van der Waals surface area contributed by atoms with E-state index in [1.54, 1.807) is 6.07 Å². The van der Waals surface area contributed by atoms with Gasteiger partial charge in [0.05, 0.1) is 0 Å². The number of carbonyl (C=O) groups is 1. The topological polar surface area (TPSA) is 83.6 Å². The Hall–Kier alpha value is -1.55. The van der Waals surface area contributed by atoms with Crippen LogP contribution in [0.2, 0.25) is 0 Å². The molecule has 0 saturated heterocycles. The maximum Gasteiger partial charge on any atom is 0.325 e. The van der Waals surface area contributed by atoms with E-state index in [1.807, 2.05) is 6.07 Å². The number of phenolic OH excluding ortho intramolecular Hbond substituents is 1. The number of hydrogen-bond donors (Lipinski definition) is 3. The SMILES string of the molecule is NC(C(=O)O)c1c(O)ccc2c1CCCCC2. The zero-order chi connectivity index (χ0) is 12.4. The Morgan fingerprint density at radius 2 is 1.94 bits per heavy atom. The number of nitrogens with two attached hydrogens (primary N) is 1. The zero-order valence-electron chi connectivity index (χ0n) is 9.65. The highest BCUT2D eigenvalue weighted by atomic mass is 16.4. The van der Waals surface area contributed by atoms with Crippen LogP contribution in [0.15, 0.2) is 12.1 Å². The van der Waals surface area contributed by atoms with Crippen LogP contribution in [0.25, 0.3) is 0 Å². The van der Waals surface area contributed by atoms with Crippen LogP contribution in [0.1, 0.15) is 42.0 Å². The Morgan fingerprint density at radius 1 is 1.24 bits per heavy atom. The number of carboxylic acid groups (broad SMARTS) is 1. The zero-order valence-corrected chi connectivity index (χ0v) is 9.65. The van der Waals surface area contributed by atoms with Crippen LogP contribution in [0.3, 0.4) is 0 Å². The highest BCUT2D eigenvalue weighted by Gasteiger charge is 2.24. The van der Waals surface area contributed by atoms with Crippen molar-refractivity contribution in [3.05, 3.63) is 28.8 Å². The molecule has 1 atom stereocenters. The van der Waals surface area contributed by atoms with Crippen molar-refractivity contribution in [3.63, 3.8) is 0 Å². The first kappa shape index (κ1) is 11.9. The van der Waals surface area contributed by atoms with Crippen molar-refractivity contribution in [3.8, 4) is 5.75 Å². The van der Waals surface area contributed by atoms with Crippen molar-refractivity contribution in [1.29, 1.82) is 0 Å². The van der Waals surface area contributed by atoms with Crippen molar-refractivity contribution in [2.24, 2.45) is 5.73 Å². The van der Waals surface area contributed by atoms with Crippen molar-refractivity contribution in [2.45, 2.75) is 38.1 Å². The minimum absolute atomic E-state index is 0.000509. The summed E-state index contributed by atoms with van der Waals surface area (Å²) in [4.78, 5) is 11.0. The highest BCUT2D eigenvalue weighted by molar-refractivity contribution is 5.77. The van der Waals surface area contributed by atoms with E-state index in [1.165, 1.54) is 0 Å². The number of hydrogen-bond acceptors (Lipinski definition) is 3. The first-order valence-corrected chi connectivity index (χ1v) is 5.93. The molecular weight excluding hydrogens is 218 g/mol. The minimum atomic E-state index is -1.14. The molecule has 0 aromatic heterocycles. The number of rotatable bonds is 2. The average Bonchev–Trinajstić information content (AvgIpc) is 2.53. The second kappa shape index (κ2) is 4.75. The molecule has 17 heavy (non-hydrogen) atoms. The monoisotopic (exact) mass is 235 g/mol. The lowest BCUT2D eigenvalue weighted by molar-refractivity contribution is -0.138. The summed E-state index contributed by atoms with van der Waals surface area (Å²) in [7, 11) is 0. The highest BCUT2D eigenvalue weighted by Crippen LogP contribution is 2.33. The quantitative estimate of drug-likeness (QED) is 0.682. The molecule has 4 nitrogen and oxygen atoms in total. The van der Waals surface area contributed by atoms with Gasteiger partial charge in [0.1, 0.15) is 11.8 Å². The molecule has 0 spiro atoms. The van der Waals surface area contributed by atoms with Gasteiger partial charge in [-0.05, 0) is 42.9 Å². The van der Waals surface area contributed by atoms with Crippen molar-refractivity contribution in [2.75, 3.05) is 0 Å². The van der Waals surface area contributed by atoms with Gasteiger partial charge in [-0.25, -0.2) is 0 Å². The minimum Gasteiger partial charge on any atom is -0.508 e. The molecule has 92 valence electrons. The van der Waals surface area contributed by atoms with Crippen LogP contribution >= 0.6 is 0 Å². The molecule has 4 N–H and O–H groups in total. The Balaban J connectivity index is 2.52. The van der Waals surface area contributed by atoms with E-state index in [0.29, 0.717) is 5.56 Å². The maximum absolute atomic E-state index is 11.0. The second-order valence-corrected chi connectivity index (χ2v) is 4.51. The molecule has 4 heteroatoms. The molecule has 0 heterocycles. The van der Waals surface area contributed by atoms with Gasteiger partial charge in [-0.3, -0.25) is 4.79 Å². The number of carboxylic acids is 1. The van der Waals surface area contributed by atoms with Crippen molar-refractivity contribution >= 4 is 5.97 Å². The van der Waals surface area contributed by atoms with E-state index in [4.69, 9.17) is 10.8 Å². The fraction of sp³-hybridized carbons (Fsp3) is 0.462. The molecule has 1 aliphatic carbocycles. The summed E-state index contributed by atoms with van der Waals surface area (Å²) in [6, 6.07) is 2.30. The van der Waals surface area contributed by atoms with E-state index in [2.05, 4.69) is 0 Å². The number of aliphatic carboxylic acids is 1.